The number of ether oxygens (including phenoxy) is 1. The molecule has 1 aromatic carbocycles. The molecule has 74 valence electrons. The van der Waals surface area contributed by atoms with E-state index in [-0.39, 0.29) is 6.54 Å². The summed E-state index contributed by atoms with van der Waals surface area (Å²) in [5.41, 5.74) is 5.05. The van der Waals surface area contributed by atoms with E-state index >= 15 is 0 Å². The number of hydrogen-bond donors (Lipinski definition) is 1. The van der Waals surface area contributed by atoms with Gasteiger partial charge in [-0.25, -0.2) is 0 Å². The second kappa shape index (κ2) is 7.67. The third-order valence-electron chi connectivity index (χ3n) is 1.14. The van der Waals surface area contributed by atoms with Gasteiger partial charge >= 0.3 is 5.97 Å². The fourth-order valence-electron chi connectivity index (χ4n) is 0.662. The van der Waals surface area contributed by atoms with Crippen molar-refractivity contribution in [1.82, 2.24) is 0 Å². The molecule has 5 heteroatoms. The van der Waals surface area contributed by atoms with Gasteiger partial charge in [0.15, 0.2) is 0 Å². The molecule has 5 nitrogen and oxygen atoms in total. The molecular weight excluding hydrogens is 184 g/mol. The predicted octanol–water partition coefficient (Wildman–Crippen LogP) is 0.442. The lowest BCUT2D eigenvalue weighted by atomic mass is 10.3. The maximum Gasteiger partial charge on any atom is 0.325 e. The normalized spacial score (nSPS) is 7.79. The van der Waals surface area contributed by atoms with Crippen LogP contribution in [0, 0.1) is 0 Å². The van der Waals surface area contributed by atoms with Crippen molar-refractivity contribution in [3.8, 4) is 5.75 Å². The Labute approximate surface area is 81.0 Å². The van der Waals surface area contributed by atoms with E-state index in [9.17, 15) is 4.79 Å². The van der Waals surface area contributed by atoms with Crippen molar-refractivity contribution in [3.63, 3.8) is 0 Å². The van der Waals surface area contributed by atoms with Crippen molar-refractivity contribution >= 4 is 12.0 Å². The number of para-hydroxylation sites is 1. The molecule has 2 N–H and O–H groups in total. The molecule has 0 aliphatic rings. The van der Waals surface area contributed by atoms with Crippen molar-refractivity contribution in [2.75, 3.05) is 6.54 Å². The summed E-state index contributed by atoms with van der Waals surface area (Å²) in [5.74, 6) is 0.110. The Kier molecular flexibility index (Phi) is 6.59. The number of nitrogens with two attached hydrogens (primary N) is 1. The second-order valence-electron chi connectivity index (χ2n) is 2.08. The molecule has 1 aromatic rings. The van der Waals surface area contributed by atoms with E-state index in [1.807, 2.05) is 6.07 Å². The molecule has 0 aliphatic carbocycles. The van der Waals surface area contributed by atoms with E-state index in [0.29, 0.717) is 11.8 Å². The van der Waals surface area contributed by atoms with Gasteiger partial charge in [-0.2, -0.15) is 0 Å². The standard InChI is InChI=1S/C8H9NO2.CNO/c9-6-8(10)11-7-4-2-1-3-5-7;2-1-3/h1-5H,6,9H2;/q;-1. The van der Waals surface area contributed by atoms with E-state index in [2.05, 4.69) is 0 Å². The van der Waals surface area contributed by atoms with Crippen molar-refractivity contribution in [3.05, 3.63) is 35.7 Å². The van der Waals surface area contributed by atoms with E-state index in [1.54, 1.807) is 24.3 Å². The Balaban J connectivity index is 0.000000500. The van der Waals surface area contributed by atoms with E-state index in [4.69, 9.17) is 20.7 Å². The van der Waals surface area contributed by atoms with Crippen LogP contribution in [0.25, 0.3) is 5.41 Å². The molecule has 0 unspecified atom stereocenters. The monoisotopic (exact) mass is 193 g/mol. The Morgan fingerprint density at radius 2 is 1.93 bits per heavy atom. The Morgan fingerprint density at radius 1 is 1.43 bits per heavy atom. The topological polar surface area (TPSA) is 91.7 Å². The summed E-state index contributed by atoms with van der Waals surface area (Å²) < 4.78 is 4.80. The van der Waals surface area contributed by atoms with Crippen LogP contribution in [0.2, 0.25) is 0 Å². The van der Waals surface area contributed by atoms with Crippen molar-refractivity contribution in [2.45, 2.75) is 0 Å². The molecule has 0 amide bonds. The number of esters is 1. The molecule has 0 saturated heterocycles. The smallest absolute Gasteiger partial charge is 0.325 e. The average molecular weight is 193 g/mol. The summed E-state index contributed by atoms with van der Waals surface area (Å²) in [5, 5.41) is 6.76. The lowest BCUT2D eigenvalue weighted by molar-refractivity contribution is -0.132. The maximum atomic E-state index is 10.6. The average Bonchev–Trinajstić information content (AvgIpc) is 2.20. The van der Waals surface area contributed by atoms with Crippen molar-refractivity contribution in [1.29, 1.82) is 0 Å². The lowest BCUT2D eigenvalue weighted by Gasteiger charge is -1.99. The zero-order valence-corrected chi connectivity index (χ0v) is 7.34. The van der Waals surface area contributed by atoms with Crippen LogP contribution in [0.15, 0.2) is 30.3 Å². The highest BCUT2D eigenvalue weighted by Gasteiger charge is 1.98. The quantitative estimate of drug-likeness (QED) is 0.319. The highest BCUT2D eigenvalue weighted by Crippen LogP contribution is 2.07. The first-order chi connectivity index (χ1) is 6.74. The maximum absolute atomic E-state index is 10.6. The third kappa shape index (κ3) is 5.65. The number of isocyanates is 1. The van der Waals surface area contributed by atoms with Crippen LogP contribution in [0.5, 0.6) is 5.75 Å². The second-order valence-corrected chi connectivity index (χ2v) is 2.08. The highest BCUT2D eigenvalue weighted by atomic mass is 16.5. The fourth-order valence-corrected chi connectivity index (χ4v) is 0.662. The van der Waals surface area contributed by atoms with E-state index in [0.717, 1.165) is 0 Å². The summed E-state index contributed by atoms with van der Waals surface area (Å²) in [7, 11) is 0. The largest absolute Gasteiger partial charge is 0.724 e. The highest BCUT2D eigenvalue weighted by molar-refractivity contribution is 5.74. The van der Waals surface area contributed by atoms with Crippen LogP contribution in [0.3, 0.4) is 0 Å². The minimum atomic E-state index is -0.420. The summed E-state index contributed by atoms with van der Waals surface area (Å²) in [6.45, 7) is -0.0884. The van der Waals surface area contributed by atoms with Gasteiger partial charge in [-0.05, 0) is 18.2 Å². The Hall–Kier alpha value is -1.97. The van der Waals surface area contributed by atoms with Gasteiger partial charge in [0.25, 0.3) is 0 Å². The van der Waals surface area contributed by atoms with Crippen LogP contribution < -0.4 is 10.5 Å². The molecular formula is C9H9N2O3-. The van der Waals surface area contributed by atoms with Gasteiger partial charge in [0.05, 0.1) is 6.54 Å². The minimum absolute atomic E-state index is 0.0884. The summed E-state index contributed by atoms with van der Waals surface area (Å²) in [6.07, 6.45) is 0.500. The van der Waals surface area contributed by atoms with Gasteiger partial charge in [0.2, 0.25) is 0 Å². The van der Waals surface area contributed by atoms with Gasteiger partial charge < -0.3 is 15.9 Å². The first-order valence-electron chi connectivity index (χ1n) is 3.71. The Morgan fingerprint density at radius 3 is 2.36 bits per heavy atom. The van der Waals surface area contributed by atoms with Crippen LogP contribution in [-0.4, -0.2) is 18.6 Å². The van der Waals surface area contributed by atoms with Gasteiger partial charge in [0, 0.05) is 0 Å². The fraction of sp³-hybridized carbons (Fsp3) is 0.111. The van der Waals surface area contributed by atoms with E-state index < -0.39 is 5.97 Å². The zero-order valence-electron chi connectivity index (χ0n) is 7.34. The molecule has 0 spiro atoms. The molecule has 0 radical (unpaired) electrons. The summed E-state index contributed by atoms with van der Waals surface area (Å²) in [4.78, 5) is 18.9. The summed E-state index contributed by atoms with van der Waals surface area (Å²) >= 11 is 0. The van der Waals surface area contributed by atoms with Crippen LogP contribution >= 0.6 is 0 Å². The summed E-state index contributed by atoms with van der Waals surface area (Å²) in [6, 6.07) is 8.83. The number of rotatable bonds is 2. The van der Waals surface area contributed by atoms with Crippen LogP contribution in [-0.2, 0) is 9.59 Å². The van der Waals surface area contributed by atoms with Gasteiger partial charge in [0.1, 0.15) is 5.75 Å². The number of carbonyl (C=O) groups is 1. The third-order valence-corrected chi connectivity index (χ3v) is 1.14. The number of hydrogen-bond acceptors (Lipinski definition) is 4. The van der Waals surface area contributed by atoms with Gasteiger partial charge in [-0.15, -0.1) is 0 Å². The number of carbonyl (C=O) groups excluding carboxylic acids is 2. The Bertz CT molecular complexity index is 305. The zero-order chi connectivity index (χ0) is 10.8. The first-order valence-corrected chi connectivity index (χ1v) is 3.71. The first kappa shape index (κ1) is 12.0. The van der Waals surface area contributed by atoms with Crippen molar-refractivity contribution < 1.29 is 14.3 Å². The lowest BCUT2D eigenvalue weighted by Crippen LogP contribution is -2.19. The predicted molar refractivity (Wildman–Crippen MR) is 50.2 cm³/mol. The molecule has 0 atom stereocenters. The molecule has 0 bridgehead atoms. The molecule has 0 saturated carbocycles. The molecule has 14 heavy (non-hydrogen) atoms. The van der Waals surface area contributed by atoms with Crippen LogP contribution in [0.4, 0.5) is 0 Å². The number of nitrogens with zero attached hydrogens (tertiary/aromatic N) is 1. The minimum Gasteiger partial charge on any atom is -0.724 e. The molecule has 0 aliphatic heterocycles. The SMILES string of the molecule is NCC(=O)Oc1ccccc1.[N-]=C=O. The molecule has 1 rings (SSSR count). The van der Waals surface area contributed by atoms with E-state index in [1.165, 1.54) is 0 Å². The van der Waals surface area contributed by atoms with Gasteiger partial charge in [-0.3, -0.25) is 9.59 Å². The van der Waals surface area contributed by atoms with Gasteiger partial charge in [-0.1, -0.05) is 18.2 Å². The molecule has 0 fully saturated rings. The molecule has 0 heterocycles. The van der Waals surface area contributed by atoms with Crippen LogP contribution in [0.1, 0.15) is 0 Å². The van der Waals surface area contributed by atoms with Crippen molar-refractivity contribution in [2.24, 2.45) is 5.73 Å². The number of benzene rings is 1. The molecule has 0 aromatic heterocycles.